The van der Waals surface area contributed by atoms with Crippen LogP contribution in [0.3, 0.4) is 0 Å². The molecule has 0 saturated carbocycles. The Hall–Kier alpha value is -5.95. The highest BCUT2D eigenvalue weighted by Gasteiger charge is 2.40. The number of aliphatic hydroxyl groups excluding tert-OH is 3. The van der Waals surface area contributed by atoms with E-state index >= 15 is 0 Å². The molecule has 0 aliphatic carbocycles. The molecule has 12 atom stereocenters. The van der Waals surface area contributed by atoms with Gasteiger partial charge < -0.3 is 73.0 Å². The average Bonchev–Trinajstić information content (AvgIpc) is 3.36. The van der Waals surface area contributed by atoms with E-state index in [1.54, 1.807) is 69.2 Å². The molecule has 1 rings (SSSR count). The number of carboxylic acids is 1. The molecule has 1 saturated heterocycles. The maximum absolute atomic E-state index is 14.8. The summed E-state index contributed by atoms with van der Waals surface area (Å²) in [5.41, 5.74) is 0. The van der Waals surface area contributed by atoms with Gasteiger partial charge in [0.25, 0.3) is 0 Å². The van der Waals surface area contributed by atoms with Crippen LogP contribution in [0.15, 0.2) is 0 Å². The molecule has 1 aliphatic heterocycles. The average molecular weight is 1140 g/mol. The van der Waals surface area contributed by atoms with E-state index in [4.69, 9.17) is 4.74 Å². The smallest absolute Gasteiger partial charge is 0.328 e. The largest absolute Gasteiger partial charge is 0.481 e. The van der Waals surface area contributed by atoms with E-state index < -0.39 is 164 Å². The van der Waals surface area contributed by atoms with E-state index in [1.807, 2.05) is 0 Å². The number of esters is 1. The van der Waals surface area contributed by atoms with Crippen LogP contribution >= 0.6 is 0 Å². The number of ether oxygens (including phenoxy) is 1. The summed E-state index contributed by atoms with van der Waals surface area (Å²) in [5, 5.41) is 63.7. The molecule has 25 heteroatoms. The van der Waals surface area contributed by atoms with Crippen molar-refractivity contribution in [1.82, 2.24) is 47.9 Å². The first-order chi connectivity index (χ1) is 37.5. The molecule has 458 valence electrons. The van der Waals surface area contributed by atoms with Crippen LogP contribution in [0.5, 0.6) is 0 Å². The summed E-state index contributed by atoms with van der Waals surface area (Å²) < 4.78 is 5.82. The predicted molar refractivity (Wildman–Crippen MR) is 295 cm³/mol. The van der Waals surface area contributed by atoms with Gasteiger partial charge in [-0.3, -0.25) is 47.9 Å². The predicted octanol–water partition coefficient (Wildman–Crippen LogP) is 0.486. The van der Waals surface area contributed by atoms with Crippen molar-refractivity contribution in [3.63, 3.8) is 0 Å². The minimum atomic E-state index is -1.95. The highest BCUT2D eigenvalue weighted by atomic mass is 16.5. The second-order valence-electron chi connectivity index (χ2n) is 22.9. The number of carboxylic acid groups (broad SMARTS) is 1. The molecule has 9 amide bonds. The van der Waals surface area contributed by atoms with Crippen LogP contribution in [0.2, 0.25) is 0 Å². The summed E-state index contributed by atoms with van der Waals surface area (Å²) in [6.45, 7) is 18.6. The fraction of sp³-hybridized carbons (Fsp3) is 0.800. The Bertz CT molecular complexity index is 2040. The third kappa shape index (κ3) is 27.0. The molecular weight excluding hydrogens is 1040 g/mol. The van der Waals surface area contributed by atoms with Crippen molar-refractivity contribution in [2.75, 3.05) is 13.2 Å². The van der Waals surface area contributed by atoms with E-state index in [-0.39, 0.29) is 62.2 Å². The van der Waals surface area contributed by atoms with E-state index in [9.17, 15) is 73.2 Å². The summed E-state index contributed by atoms with van der Waals surface area (Å²) in [6, 6.07) is -14.1. The van der Waals surface area contributed by atoms with Crippen LogP contribution in [-0.4, -0.2) is 165 Å². The number of unbranched alkanes of at least 4 members (excludes halogenated alkanes) is 4. The molecule has 0 bridgehead atoms. The fourth-order valence-corrected chi connectivity index (χ4v) is 8.82. The summed E-state index contributed by atoms with van der Waals surface area (Å²) in [7, 11) is 0. The van der Waals surface area contributed by atoms with Crippen molar-refractivity contribution < 1.29 is 77.9 Å². The van der Waals surface area contributed by atoms with Crippen LogP contribution in [-0.2, 0) is 57.5 Å². The molecule has 80 heavy (non-hydrogen) atoms. The quantitative estimate of drug-likeness (QED) is 0.0374. The molecule has 1 aliphatic rings. The van der Waals surface area contributed by atoms with E-state index in [2.05, 4.69) is 54.8 Å². The molecule has 12 unspecified atom stereocenters. The number of cyclic esters (lactones) is 1. The Morgan fingerprint density at radius 2 is 1.04 bits per heavy atom. The zero-order valence-electron chi connectivity index (χ0n) is 49.2. The van der Waals surface area contributed by atoms with Crippen molar-refractivity contribution in [2.24, 2.45) is 29.6 Å². The molecule has 0 radical (unpaired) electrons. The molecule has 1 heterocycles. The number of aliphatic carboxylic acids is 1. The van der Waals surface area contributed by atoms with E-state index in [0.717, 1.165) is 25.7 Å². The molecule has 0 spiro atoms. The fourth-order valence-electron chi connectivity index (χ4n) is 8.82. The number of hydrogen-bond donors (Lipinski definition) is 13. The maximum atomic E-state index is 14.8. The molecular formula is C55H97N9O16. The van der Waals surface area contributed by atoms with Gasteiger partial charge in [-0.25, -0.2) is 4.79 Å². The van der Waals surface area contributed by atoms with Gasteiger partial charge in [-0.15, -0.1) is 0 Å². The van der Waals surface area contributed by atoms with Crippen molar-refractivity contribution in [2.45, 2.75) is 240 Å². The summed E-state index contributed by atoms with van der Waals surface area (Å²) in [4.78, 5) is 152. The minimum Gasteiger partial charge on any atom is -0.481 e. The Morgan fingerprint density at radius 1 is 0.562 bits per heavy atom. The van der Waals surface area contributed by atoms with Crippen LogP contribution in [0.1, 0.15) is 173 Å². The van der Waals surface area contributed by atoms with Gasteiger partial charge in [0.1, 0.15) is 60.5 Å². The first kappa shape index (κ1) is 72.1. The van der Waals surface area contributed by atoms with Crippen molar-refractivity contribution >= 4 is 65.1 Å². The number of nitrogens with one attached hydrogen (secondary N) is 9. The third-order valence-electron chi connectivity index (χ3n) is 13.5. The second kappa shape index (κ2) is 37.1. The lowest BCUT2D eigenvalue weighted by molar-refractivity contribution is -0.157. The lowest BCUT2D eigenvalue weighted by atomic mass is 9.96. The number of aliphatic hydroxyl groups is 3. The molecule has 0 aromatic carbocycles. The number of rotatable bonds is 28. The topological polar surface area (TPSA) is 386 Å². The molecule has 1 fully saturated rings. The highest BCUT2D eigenvalue weighted by Crippen LogP contribution is 2.17. The summed E-state index contributed by atoms with van der Waals surface area (Å²) in [6.07, 6.45) is 0.971. The second-order valence-corrected chi connectivity index (χ2v) is 22.9. The van der Waals surface area contributed by atoms with Crippen LogP contribution in [0.25, 0.3) is 0 Å². The van der Waals surface area contributed by atoms with Gasteiger partial charge in [0.05, 0.1) is 25.7 Å². The summed E-state index contributed by atoms with van der Waals surface area (Å²) >= 11 is 0. The van der Waals surface area contributed by atoms with Crippen LogP contribution in [0.4, 0.5) is 0 Å². The first-order valence-corrected chi connectivity index (χ1v) is 28.5. The Morgan fingerprint density at radius 3 is 1.51 bits per heavy atom. The molecule has 25 nitrogen and oxygen atoms in total. The van der Waals surface area contributed by atoms with Gasteiger partial charge in [-0.1, -0.05) is 115 Å². The van der Waals surface area contributed by atoms with E-state index in [1.165, 1.54) is 6.92 Å². The normalized spacial score (nSPS) is 23.9. The van der Waals surface area contributed by atoms with E-state index in [0.29, 0.717) is 12.8 Å². The van der Waals surface area contributed by atoms with Crippen molar-refractivity contribution in [3.05, 3.63) is 0 Å². The van der Waals surface area contributed by atoms with Gasteiger partial charge >= 0.3 is 11.9 Å². The van der Waals surface area contributed by atoms with Gasteiger partial charge in [0, 0.05) is 6.42 Å². The number of carbonyl (C=O) groups is 11. The lowest BCUT2D eigenvalue weighted by Crippen LogP contribution is -2.63. The van der Waals surface area contributed by atoms with Crippen molar-refractivity contribution in [1.29, 1.82) is 0 Å². The monoisotopic (exact) mass is 1140 g/mol. The highest BCUT2D eigenvalue weighted by molar-refractivity contribution is 5.99. The number of amides is 9. The lowest BCUT2D eigenvalue weighted by Gasteiger charge is -2.32. The standard InChI is InChI=1S/C55H97N9O16/c1-13-15-16-17-18-19-35(67)26-43(68)56-37(22-29(3)4)48(72)57-36(20-21-44(69)70)47(71)64-46-34(12)80-55(79)40(25-32(9)10)60-52(76)42(28-66)62-49(73)38(23-30(5)6)58-51(75)41(27-65)61-50(74)39(24-31(7)8)59-53(77)45(33(11)14-2)63-54(46)78/h29-42,45-46,65-67H,13-28H2,1-12H3,(H,56,68)(H,57,72)(H,58,75)(H,59,77)(H,60,76)(H,61,74)(H,62,73)(H,63,78)(H,64,71)(H,69,70). The Kier molecular flexibility index (Phi) is 33.5. The van der Waals surface area contributed by atoms with Gasteiger partial charge in [-0.05, 0) is 75.0 Å². The summed E-state index contributed by atoms with van der Waals surface area (Å²) in [5.74, 6) is -12.9. The SMILES string of the molecule is CCCCCCCC(O)CC(=O)NC(CC(C)C)C(=O)NC(CCC(=O)O)C(=O)NC1C(=O)NC(C(C)CC)C(=O)NC(CC(C)C)C(=O)NC(CO)C(=O)NC(CC(C)C)C(=O)NC(CO)C(=O)NC(CC(C)C)C(=O)OC1C. The first-order valence-electron chi connectivity index (χ1n) is 28.5. The maximum Gasteiger partial charge on any atom is 0.328 e. The van der Waals surface area contributed by atoms with Gasteiger partial charge in [0.2, 0.25) is 53.2 Å². The van der Waals surface area contributed by atoms with Crippen molar-refractivity contribution in [3.8, 4) is 0 Å². The molecule has 0 aromatic rings. The Labute approximate surface area is 471 Å². The minimum absolute atomic E-state index is 0.00913. The molecule has 0 aromatic heterocycles. The zero-order valence-corrected chi connectivity index (χ0v) is 49.2. The Balaban J connectivity index is 4.03. The zero-order chi connectivity index (χ0) is 61.0. The molecule has 13 N–H and O–H groups in total. The van der Waals surface area contributed by atoms with Gasteiger partial charge in [0.15, 0.2) is 0 Å². The van der Waals surface area contributed by atoms with Gasteiger partial charge in [-0.2, -0.15) is 0 Å². The van der Waals surface area contributed by atoms with Crippen LogP contribution in [0, 0.1) is 29.6 Å². The number of carbonyl (C=O) groups excluding carboxylic acids is 10. The number of hydrogen-bond acceptors (Lipinski definition) is 15. The van der Waals surface area contributed by atoms with Crippen LogP contribution < -0.4 is 47.9 Å². The third-order valence-corrected chi connectivity index (χ3v) is 13.5.